The third-order valence-corrected chi connectivity index (χ3v) is 2.19. The molecule has 0 aliphatic carbocycles. The average molecular weight is 230 g/mol. The van der Waals surface area contributed by atoms with Crippen LogP contribution in [-0.2, 0) is 4.79 Å². The summed E-state index contributed by atoms with van der Waals surface area (Å²) in [5, 5.41) is 13.9. The zero-order valence-corrected chi connectivity index (χ0v) is 10.2. The minimum atomic E-state index is -0.985. The number of amides is 2. The Morgan fingerprint density at radius 2 is 1.88 bits per heavy atom. The Hall–Kier alpha value is -1.26. The van der Waals surface area contributed by atoms with Gasteiger partial charge in [-0.1, -0.05) is 27.2 Å². The van der Waals surface area contributed by atoms with Gasteiger partial charge in [-0.2, -0.15) is 0 Å². The van der Waals surface area contributed by atoms with E-state index < -0.39 is 18.0 Å². The van der Waals surface area contributed by atoms with Crippen molar-refractivity contribution in [3.05, 3.63) is 0 Å². The molecule has 0 aromatic rings. The molecular weight excluding hydrogens is 208 g/mol. The Balaban J connectivity index is 3.86. The fourth-order valence-corrected chi connectivity index (χ4v) is 1.23. The van der Waals surface area contributed by atoms with E-state index in [-0.39, 0.29) is 0 Å². The zero-order chi connectivity index (χ0) is 12.6. The van der Waals surface area contributed by atoms with Crippen LogP contribution in [0.4, 0.5) is 4.79 Å². The molecule has 0 heterocycles. The van der Waals surface area contributed by atoms with Gasteiger partial charge in [0.25, 0.3) is 0 Å². The lowest BCUT2D eigenvalue weighted by Crippen LogP contribution is -2.46. The van der Waals surface area contributed by atoms with Crippen LogP contribution in [0.1, 0.15) is 40.0 Å². The van der Waals surface area contributed by atoms with Crippen LogP contribution < -0.4 is 10.6 Å². The van der Waals surface area contributed by atoms with Crippen LogP contribution in [0, 0.1) is 5.92 Å². The van der Waals surface area contributed by atoms with Gasteiger partial charge in [0.15, 0.2) is 0 Å². The topological polar surface area (TPSA) is 78.4 Å². The molecule has 0 aromatic heterocycles. The number of hydrogen-bond acceptors (Lipinski definition) is 2. The molecule has 0 radical (unpaired) electrons. The fourth-order valence-electron chi connectivity index (χ4n) is 1.23. The Labute approximate surface area is 96.6 Å². The lowest BCUT2D eigenvalue weighted by molar-refractivity contribution is -0.139. The number of carboxylic acids is 1. The summed E-state index contributed by atoms with van der Waals surface area (Å²) in [5.41, 5.74) is 0. The predicted octanol–water partition coefficient (Wildman–Crippen LogP) is 1.59. The summed E-state index contributed by atoms with van der Waals surface area (Å²) in [5.74, 6) is -0.466. The molecule has 0 fully saturated rings. The minimum absolute atomic E-state index is 0.401. The van der Waals surface area contributed by atoms with E-state index in [9.17, 15) is 9.59 Å². The molecular formula is C11H22N2O3. The van der Waals surface area contributed by atoms with Crippen molar-refractivity contribution >= 4 is 12.0 Å². The van der Waals surface area contributed by atoms with Crippen LogP contribution in [0.2, 0.25) is 0 Å². The van der Waals surface area contributed by atoms with Crippen molar-refractivity contribution in [2.24, 2.45) is 5.92 Å². The highest BCUT2D eigenvalue weighted by Crippen LogP contribution is 1.98. The fraction of sp³-hybridized carbons (Fsp3) is 0.818. The number of rotatable bonds is 7. The molecule has 0 bridgehead atoms. The van der Waals surface area contributed by atoms with Crippen molar-refractivity contribution in [3.63, 3.8) is 0 Å². The van der Waals surface area contributed by atoms with E-state index in [4.69, 9.17) is 5.11 Å². The lowest BCUT2D eigenvalue weighted by atomic mass is 10.1. The first-order valence-electron chi connectivity index (χ1n) is 5.74. The standard InChI is InChI=1S/C11H22N2O3/c1-4-5-9(10(14)15)13-11(16)12-7-6-8(2)3/h8-9H,4-7H2,1-3H3,(H,14,15)(H2,12,13,16). The molecule has 94 valence electrons. The Bertz CT molecular complexity index is 229. The molecule has 5 heteroatoms. The van der Waals surface area contributed by atoms with Crippen molar-refractivity contribution in [3.8, 4) is 0 Å². The summed E-state index contributed by atoms with van der Waals surface area (Å²) in [6.07, 6.45) is 2.06. The number of carboxylic acid groups (broad SMARTS) is 1. The number of aliphatic carboxylic acids is 1. The van der Waals surface area contributed by atoms with E-state index in [0.29, 0.717) is 18.9 Å². The second kappa shape index (κ2) is 7.96. The third kappa shape index (κ3) is 7.09. The lowest BCUT2D eigenvalue weighted by Gasteiger charge is -2.14. The van der Waals surface area contributed by atoms with E-state index >= 15 is 0 Å². The SMILES string of the molecule is CCCC(NC(=O)NCCC(C)C)C(=O)O. The summed E-state index contributed by atoms with van der Waals surface area (Å²) in [7, 11) is 0. The largest absolute Gasteiger partial charge is 0.480 e. The van der Waals surface area contributed by atoms with Crippen molar-refractivity contribution in [2.45, 2.75) is 46.1 Å². The van der Waals surface area contributed by atoms with Crippen molar-refractivity contribution in [1.82, 2.24) is 10.6 Å². The van der Waals surface area contributed by atoms with Crippen LogP contribution >= 0.6 is 0 Å². The smallest absolute Gasteiger partial charge is 0.326 e. The van der Waals surface area contributed by atoms with Crippen molar-refractivity contribution in [2.75, 3.05) is 6.54 Å². The van der Waals surface area contributed by atoms with E-state index in [0.717, 1.165) is 12.8 Å². The van der Waals surface area contributed by atoms with Crippen LogP contribution in [0.25, 0.3) is 0 Å². The molecule has 0 spiro atoms. The first kappa shape index (κ1) is 14.7. The van der Waals surface area contributed by atoms with Gasteiger partial charge in [-0.25, -0.2) is 9.59 Å². The van der Waals surface area contributed by atoms with Crippen LogP contribution in [0.5, 0.6) is 0 Å². The molecule has 0 aliphatic rings. The molecule has 2 amide bonds. The summed E-state index contributed by atoms with van der Waals surface area (Å²) < 4.78 is 0. The molecule has 0 rings (SSSR count). The Morgan fingerprint density at radius 3 is 2.31 bits per heavy atom. The first-order chi connectivity index (χ1) is 7.47. The number of urea groups is 1. The number of nitrogens with one attached hydrogen (secondary N) is 2. The monoisotopic (exact) mass is 230 g/mol. The van der Waals surface area contributed by atoms with E-state index in [1.807, 2.05) is 6.92 Å². The minimum Gasteiger partial charge on any atom is -0.480 e. The highest BCUT2D eigenvalue weighted by atomic mass is 16.4. The van der Waals surface area contributed by atoms with E-state index in [1.165, 1.54) is 0 Å². The second-order valence-electron chi connectivity index (χ2n) is 4.26. The predicted molar refractivity (Wildman–Crippen MR) is 62.3 cm³/mol. The number of hydrogen-bond donors (Lipinski definition) is 3. The molecule has 5 nitrogen and oxygen atoms in total. The number of carbonyl (C=O) groups is 2. The van der Waals surface area contributed by atoms with Gasteiger partial charge in [-0.3, -0.25) is 0 Å². The summed E-state index contributed by atoms with van der Waals surface area (Å²) in [6.45, 7) is 6.59. The summed E-state index contributed by atoms with van der Waals surface area (Å²) in [6, 6.07) is -1.19. The molecule has 0 saturated carbocycles. The van der Waals surface area contributed by atoms with Gasteiger partial charge < -0.3 is 15.7 Å². The molecule has 1 atom stereocenters. The van der Waals surface area contributed by atoms with Gasteiger partial charge >= 0.3 is 12.0 Å². The molecule has 1 unspecified atom stereocenters. The second-order valence-corrected chi connectivity index (χ2v) is 4.26. The van der Waals surface area contributed by atoms with Crippen LogP contribution in [0.3, 0.4) is 0 Å². The first-order valence-corrected chi connectivity index (χ1v) is 5.74. The molecule has 3 N–H and O–H groups in total. The highest BCUT2D eigenvalue weighted by molar-refractivity contribution is 5.82. The van der Waals surface area contributed by atoms with Gasteiger partial charge in [0.05, 0.1) is 0 Å². The molecule has 0 aliphatic heterocycles. The quantitative estimate of drug-likeness (QED) is 0.621. The zero-order valence-electron chi connectivity index (χ0n) is 10.2. The van der Waals surface area contributed by atoms with Gasteiger partial charge in [-0.15, -0.1) is 0 Å². The molecule has 16 heavy (non-hydrogen) atoms. The Kier molecular flexibility index (Phi) is 7.33. The normalized spacial score (nSPS) is 12.2. The maximum absolute atomic E-state index is 11.3. The van der Waals surface area contributed by atoms with Crippen molar-refractivity contribution in [1.29, 1.82) is 0 Å². The number of carbonyl (C=O) groups excluding carboxylic acids is 1. The van der Waals surface area contributed by atoms with E-state index in [1.54, 1.807) is 0 Å². The van der Waals surface area contributed by atoms with Gasteiger partial charge in [0.1, 0.15) is 6.04 Å². The van der Waals surface area contributed by atoms with Crippen molar-refractivity contribution < 1.29 is 14.7 Å². The third-order valence-electron chi connectivity index (χ3n) is 2.19. The summed E-state index contributed by atoms with van der Waals surface area (Å²) >= 11 is 0. The van der Waals surface area contributed by atoms with E-state index in [2.05, 4.69) is 24.5 Å². The molecule has 0 aromatic carbocycles. The Morgan fingerprint density at radius 1 is 1.25 bits per heavy atom. The van der Waals surface area contributed by atoms with Crippen LogP contribution in [0.15, 0.2) is 0 Å². The van der Waals surface area contributed by atoms with Gasteiger partial charge in [-0.05, 0) is 18.8 Å². The molecule has 0 saturated heterocycles. The maximum Gasteiger partial charge on any atom is 0.326 e. The van der Waals surface area contributed by atoms with Crippen LogP contribution in [-0.4, -0.2) is 29.7 Å². The summed E-state index contributed by atoms with van der Waals surface area (Å²) in [4.78, 5) is 22.1. The van der Waals surface area contributed by atoms with Gasteiger partial charge in [0.2, 0.25) is 0 Å². The average Bonchev–Trinajstić information content (AvgIpc) is 2.16. The van der Waals surface area contributed by atoms with Gasteiger partial charge in [0, 0.05) is 6.54 Å². The maximum atomic E-state index is 11.3. The highest BCUT2D eigenvalue weighted by Gasteiger charge is 2.18.